The fraction of sp³-hybridized carbons (Fsp3) is 0.0185. The third kappa shape index (κ3) is 4.24. The van der Waals surface area contributed by atoms with Crippen LogP contribution < -0.4 is 0 Å². The number of fused-ring (bicyclic) bond motifs is 16. The number of aromatic nitrogens is 3. The second-order valence-corrected chi connectivity index (χ2v) is 16.5. The molecule has 268 valence electrons. The lowest BCUT2D eigenvalue weighted by molar-refractivity contribution is 0.794. The van der Waals surface area contributed by atoms with Gasteiger partial charge in [0.15, 0.2) is 17.5 Å². The summed E-state index contributed by atoms with van der Waals surface area (Å²) in [6.07, 6.45) is 0. The molecule has 9 aromatic carbocycles. The molecule has 2 heterocycles. The van der Waals surface area contributed by atoms with E-state index in [2.05, 4.69) is 188 Å². The summed E-state index contributed by atoms with van der Waals surface area (Å²) in [6.45, 7) is 0. The fourth-order valence-corrected chi connectivity index (χ4v) is 11.3. The minimum absolute atomic E-state index is 0.465. The van der Waals surface area contributed by atoms with Gasteiger partial charge in [-0.15, -0.1) is 11.3 Å². The van der Waals surface area contributed by atoms with Crippen molar-refractivity contribution in [2.45, 2.75) is 5.41 Å². The van der Waals surface area contributed by atoms with Crippen LogP contribution in [0.4, 0.5) is 0 Å². The normalized spacial score (nSPS) is 13.3. The first-order chi connectivity index (χ1) is 28.8. The molecular weight excluding hydrogens is 723 g/mol. The number of benzene rings is 9. The number of rotatable bonds is 3. The van der Waals surface area contributed by atoms with Crippen molar-refractivity contribution in [1.82, 2.24) is 15.0 Å². The molecule has 0 radical (unpaired) electrons. The average molecular weight is 754 g/mol. The minimum Gasteiger partial charge on any atom is -0.208 e. The first-order valence-corrected chi connectivity index (χ1v) is 20.6. The van der Waals surface area contributed by atoms with Crippen molar-refractivity contribution in [3.63, 3.8) is 0 Å². The third-order valence-corrected chi connectivity index (χ3v) is 13.7. The summed E-state index contributed by atoms with van der Waals surface area (Å²) >= 11 is 1.82. The SMILES string of the molecule is c1ccc2c(c1)-c1ccccc1C21c2ccccc2-c2c(-c3nc(-c4ccc5sc6ccccc6c5c4)nc(-c4cccc5ccc6ccccc6c45)n3)cccc21. The quantitative estimate of drug-likeness (QED) is 0.169. The Bertz CT molecular complexity index is 3500. The van der Waals surface area contributed by atoms with Crippen LogP contribution in [0, 0.1) is 0 Å². The van der Waals surface area contributed by atoms with E-state index in [0.717, 1.165) is 27.5 Å². The van der Waals surface area contributed by atoms with Crippen LogP contribution in [0.15, 0.2) is 188 Å². The number of thiophene rings is 1. The summed E-state index contributed by atoms with van der Waals surface area (Å²) in [4.78, 5) is 16.3. The molecule has 0 N–H and O–H groups in total. The van der Waals surface area contributed by atoms with E-state index in [-0.39, 0.29) is 0 Å². The Kier molecular flexibility index (Phi) is 6.53. The van der Waals surface area contributed by atoms with Crippen LogP contribution in [0.3, 0.4) is 0 Å². The molecule has 2 aromatic heterocycles. The van der Waals surface area contributed by atoms with Crippen LogP contribution in [-0.4, -0.2) is 15.0 Å². The molecule has 0 aliphatic heterocycles. The van der Waals surface area contributed by atoms with Gasteiger partial charge in [-0.05, 0) is 84.9 Å². The highest BCUT2D eigenvalue weighted by Gasteiger charge is 2.52. The average Bonchev–Trinajstić information content (AvgIpc) is 3.92. The standard InChI is InChI=1S/C54H31N3S/c1-2-15-35-32(13-1)27-28-33-14-11-20-40(49(33)35)52-55-51(34-29-30-48-42(31-34)38-18-6-10-26-47(38)58-48)56-53(57-52)41-21-12-25-46-50(41)39-19-5-9-24-45(39)54(46)43-22-7-3-16-36(43)37-17-4-8-23-44(37)54/h1-31H. The predicted molar refractivity (Wildman–Crippen MR) is 240 cm³/mol. The number of nitrogens with zero attached hydrogens (tertiary/aromatic N) is 3. The van der Waals surface area contributed by atoms with Crippen molar-refractivity contribution in [2.75, 3.05) is 0 Å². The van der Waals surface area contributed by atoms with Crippen LogP contribution in [0.2, 0.25) is 0 Å². The van der Waals surface area contributed by atoms with Crippen LogP contribution in [0.5, 0.6) is 0 Å². The van der Waals surface area contributed by atoms with Gasteiger partial charge >= 0.3 is 0 Å². The zero-order chi connectivity index (χ0) is 38.0. The molecule has 13 rings (SSSR count). The first kappa shape index (κ1) is 31.9. The topological polar surface area (TPSA) is 38.7 Å². The number of hydrogen-bond donors (Lipinski definition) is 0. The molecule has 0 bridgehead atoms. The second-order valence-electron chi connectivity index (χ2n) is 15.4. The van der Waals surface area contributed by atoms with E-state index in [9.17, 15) is 0 Å². The molecule has 58 heavy (non-hydrogen) atoms. The molecule has 0 amide bonds. The lowest BCUT2D eigenvalue weighted by Crippen LogP contribution is -2.25. The minimum atomic E-state index is -0.465. The molecule has 0 atom stereocenters. The molecule has 0 saturated carbocycles. The van der Waals surface area contributed by atoms with E-state index in [0.29, 0.717) is 17.5 Å². The fourth-order valence-electron chi connectivity index (χ4n) is 10.2. The Morgan fingerprint density at radius 1 is 0.345 bits per heavy atom. The molecular formula is C54H31N3S. The van der Waals surface area contributed by atoms with E-state index in [4.69, 9.17) is 15.0 Å². The van der Waals surface area contributed by atoms with Gasteiger partial charge in [-0.3, -0.25) is 0 Å². The maximum absolute atomic E-state index is 5.49. The molecule has 0 saturated heterocycles. The summed E-state index contributed by atoms with van der Waals surface area (Å²) in [5.41, 5.74) is 12.6. The van der Waals surface area contributed by atoms with Crippen LogP contribution in [0.25, 0.3) is 98.1 Å². The van der Waals surface area contributed by atoms with E-state index in [1.54, 1.807) is 0 Å². The van der Waals surface area contributed by atoms with Crippen molar-refractivity contribution < 1.29 is 0 Å². The van der Waals surface area contributed by atoms with Crippen LogP contribution >= 0.6 is 11.3 Å². The monoisotopic (exact) mass is 753 g/mol. The maximum atomic E-state index is 5.49. The third-order valence-electron chi connectivity index (χ3n) is 12.5. The molecule has 1 spiro atoms. The summed E-state index contributed by atoms with van der Waals surface area (Å²) in [5.74, 6) is 1.98. The van der Waals surface area contributed by atoms with Gasteiger partial charge in [0.2, 0.25) is 0 Å². The van der Waals surface area contributed by atoms with Gasteiger partial charge in [0.05, 0.1) is 5.41 Å². The highest BCUT2D eigenvalue weighted by atomic mass is 32.1. The van der Waals surface area contributed by atoms with Crippen molar-refractivity contribution in [3.8, 4) is 56.4 Å². The smallest absolute Gasteiger partial charge is 0.164 e. The van der Waals surface area contributed by atoms with E-state index >= 15 is 0 Å². The van der Waals surface area contributed by atoms with Gasteiger partial charge in [-0.25, -0.2) is 15.0 Å². The maximum Gasteiger partial charge on any atom is 0.164 e. The summed E-state index contributed by atoms with van der Waals surface area (Å²) < 4.78 is 2.52. The van der Waals surface area contributed by atoms with E-state index < -0.39 is 5.41 Å². The summed E-state index contributed by atoms with van der Waals surface area (Å²) in [6, 6.07) is 68.3. The Balaban J connectivity index is 1.12. The molecule has 0 fully saturated rings. The Labute approximate surface area is 338 Å². The molecule has 4 heteroatoms. The summed E-state index contributed by atoms with van der Waals surface area (Å²) in [7, 11) is 0. The van der Waals surface area contributed by atoms with E-state index in [1.165, 1.54) is 75.5 Å². The molecule has 0 unspecified atom stereocenters. The van der Waals surface area contributed by atoms with Gasteiger partial charge in [0, 0.05) is 42.2 Å². The molecule has 3 nitrogen and oxygen atoms in total. The molecule has 2 aliphatic rings. The van der Waals surface area contributed by atoms with Crippen molar-refractivity contribution >= 4 is 53.1 Å². The lowest BCUT2D eigenvalue weighted by Gasteiger charge is -2.30. The van der Waals surface area contributed by atoms with E-state index in [1.807, 2.05) is 11.3 Å². The van der Waals surface area contributed by atoms with Gasteiger partial charge in [0.25, 0.3) is 0 Å². The van der Waals surface area contributed by atoms with Gasteiger partial charge in [-0.2, -0.15) is 0 Å². The predicted octanol–water partition coefficient (Wildman–Crippen LogP) is 13.9. The first-order valence-electron chi connectivity index (χ1n) is 19.8. The summed E-state index contributed by atoms with van der Waals surface area (Å²) in [5, 5.41) is 7.13. The second kappa shape index (κ2) is 11.9. The van der Waals surface area contributed by atoms with Gasteiger partial charge in [0.1, 0.15) is 0 Å². The van der Waals surface area contributed by atoms with Crippen LogP contribution in [-0.2, 0) is 5.41 Å². The van der Waals surface area contributed by atoms with Crippen molar-refractivity contribution in [1.29, 1.82) is 0 Å². The van der Waals surface area contributed by atoms with Crippen molar-refractivity contribution in [2.24, 2.45) is 0 Å². The molecule has 11 aromatic rings. The van der Waals surface area contributed by atoms with Crippen LogP contribution in [0.1, 0.15) is 22.3 Å². The lowest BCUT2D eigenvalue weighted by atomic mass is 9.70. The Morgan fingerprint density at radius 2 is 0.879 bits per heavy atom. The zero-order valence-corrected chi connectivity index (χ0v) is 32.0. The molecule has 2 aliphatic carbocycles. The number of hydrogen-bond acceptors (Lipinski definition) is 4. The largest absolute Gasteiger partial charge is 0.208 e. The Hall–Kier alpha value is -7.27. The highest BCUT2D eigenvalue weighted by Crippen LogP contribution is 2.63. The highest BCUT2D eigenvalue weighted by molar-refractivity contribution is 7.25. The zero-order valence-electron chi connectivity index (χ0n) is 31.1. The van der Waals surface area contributed by atoms with Gasteiger partial charge < -0.3 is 0 Å². The van der Waals surface area contributed by atoms with Crippen molar-refractivity contribution in [3.05, 3.63) is 210 Å². The van der Waals surface area contributed by atoms with Gasteiger partial charge in [-0.1, -0.05) is 164 Å². The Morgan fingerprint density at radius 3 is 1.69 bits per heavy atom.